The Bertz CT molecular complexity index is 138. The van der Waals surface area contributed by atoms with E-state index in [0.717, 1.165) is 12.8 Å². The highest BCUT2D eigenvalue weighted by atomic mass is 14.9. The topological polar surface area (TPSA) is 12.0 Å². The van der Waals surface area contributed by atoms with Crippen molar-refractivity contribution in [1.82, 2.24) is 5.32 Å². The molecule has 1 aliphatic heterocycles. The van der Waals surface area contributed by atoms with E-state index in [0.29, 0.717) is 12.1 Å². The van der Waals surface area contributed by atoms with Gasteiger partial charge in [-0.3, -0.25) is 0 Å². The van der Waals surface area contributed by atoms with Gasteiger partial charge in [-0.1, -0.05) is 18.2 Å². The molecule has 0 aromatic carbocycles. The van der Waals surface area contributed by atoms with E-state index in [9.17, 15) is 0 Å². The van der Waals surface area contributed by atoms with Gasteiger partial charge in [0.05, 0.1) is 0 Å². The summed E-state index contributed by atoms with van der Waals surface area (Å²) in [5, 5.41) is 3.46. The van der Waals surface area contributed by atoms with Crippen LogP contribution in [0.4, 0.5) is 0 Å². The van der Waals surface area contributed by atoms with E-state index in [4.69, 9.17) is 0 Å². The van der Waals surface area contributed by atoms with E-state index in [-0.39, 0.29) is 0 Å². The molecule has 0 saturated heterocycles. The van der Waals surface area contributed by atoms with Crippen molar-refractivity contribution in [2.75, 3.05) is 0 Å². The van der Waals surface area contributed by atoms with Crippen LogP contribution in [0.5, 0.6) is 0 Å². The first-order chi connectivity index (χ1) is 4.83. The summed E-state index contributed by atoms with van der Waals surface area (Å²) in [6, 6.07) is 1.16. The Hall–Kier alpha value is -0.560. The monoisotopic (exact) mass is 137 g/mol. The predicted molar refractivity (Wildman–Crippen MR) is 45.0 cm³/mol. The van der Waals surface area contributed by atoms with Crippen LogP contribution < -0.4 is 5.32 Å². The summed E-state index contributed by atoms with van der Waals surface area (Å²) < 4.78 is 0. The van der Waals surface area contributed by atoms with Crippen molar-refractivity contribution < 1.29 is 0 Å². The summed E-state index contributed by atoms with van der Waals surface area (Å²) >= 11 is 0. The zero-order chi connectivity index (χ0) is 7.40. The van der Waals surface area contributed by atoms with E-state index in [1.807, 2.05) is 6.08 Å². The fourth-order valence-corrected chi connectivity index (χ4v) is 1.31. The average Bonchev–Trinajstić information content (AvgIpc) is 1.88. The van der Waals surface area contributed by atoms with Crippen LogP contribution >= 0.6 is 0 Å². The van der Waals surface area contributed by atoms with Gasteiger partial charge >= 0.3 is 0 Å². The van der Waals surface area contributed by atoms with Crippen molar-refractivity contribution in [3.05, 3.63) is 24.8 Å². The molecular formula is C9H15N. The normalized spacial score (nSPS) is 32.1. The highest BCUT2D eigenvalue weighted by Gasteiger charge is 2.10. The molecule has 1 N–H and O–H groups in total. The van der Waals surface area contributed by atoms with E-state index >= 15 is 0 Å². The van der Waals surface area contributed by atoms with Gasteiger partial charge in [-0.05, 0) is 19.8 Å². The van der Waals surface area contributed by atoms with E-state index in [1.54, 1.807) is 0 Å². The Kier molecular flexibility index (Phi) is 2.69. The molecule has 0 aromatic rings. The smallest absolute Gasteiger partial charge is 0.0224 e. The third-order valence-corrected chi connectivity index (χ3v) is 1.80. The lowest BCUT2D eigenvalue weighted by Gasteiger charge is -2.23. The second-order valence-corrected chi connectivity index (χ2v) is 2.84. The first-order valence-corrected chi connectivity index (χ1v) is 3.86. The summed E-state index contributed by atoms with van der Waals surface area (Å²) in [4.78, 5) is 0. The minimum atomic E-state index is 0.540. The van der Waals surface area contributed by atoms with E-state index in [2.05, 4.69) is 31.0 Å². The zero-order valence-corrected chi connectivity index (χ0v) is 6.51. The quantitative estimate of drug-likeness (QED) is 0.573. The van der Waals surface area contributed by atoms with Crippen molar-refractivity contribution in [2.45, 2.75) is 31.8 Å². The molecule has 0 spiro atoms. The fraction of sp³-hybridized carbons (Fsp3) is 0.556. The molecule has 56 valence electrons. The van der Waals surface area contributed by atoms with E-state index < -0.39 is 0 Å². The van der Waals surface area contributed by atoms with Crippen LogP contribution in [0.2, 0.25) is 0 Å². The second-order valence-electron chi connectivity index (χ2n) is 2.84. The summed E-state index contributed by atoms with van der Waals surface area (Å²) in [6.07, 6.45) is 8.66. The van der Waals surface area contributed by atoms with Gasteiger partial charge in [-0.25, -0.2) is 0 Å². The zero-order valence-electron chi connectivity index (χ0n) is 6.51. The highest BCUT2D eigenvalue weighted by Crippen LogP contribution is 2.07. The highest BCUT2D eigenvalue weighted by molar-refractivity contribution is 5.00. The van der Waals surface area contributed by atoms with Gasteiger partial charge in [-0.15, -0.1) is 6.58 Å². The molecule has 0 aliphatic carbocycles. The fourth-order valence-electron chi connectivity index (χ4n) is 1.31. The number of hydrogen-bond donors (Lipinski definition) is 1. The molecule has 1 rings (SSSR count). The first kappa shape index (κ1) is 7.55. The van der Waals surface area contributed by atoms with Crippen LogP contribution in [0.3, 0.4) is 0 Å². The maximum absolute atomic E-state index is 3.72. The molecule has 0 saturated carbocycles. The number of hydrogen-bond acceptors (Lipinski definition) is 1. The maximum atomic E-state index is 3.72. The Balaban J connectivity index is 2.36. The van der Waals surface area contributed by atoms with Crippen LogP contribution in [-0.2, 0) is 0 Å². The van der Waals surface area contributed by atoms with Gasteiger partial charge < -0.3 is 5.32 Å². The van der Waals surface area contributed by atoms with Crippen LogP contribution in [0, 0.1) is 0 Å². The van der Waals surface area contributed by atoms with Gasteiger partial charge in [0.15, 0.2) is 0 Å². The van der Waals surface area contributed by atoms with Crippen LogP contribution in [0.25, 0.3) is 0 Å². The van der Waals surface area contributed by atoms with Gasteiger partial charge in [-0.2, -0.15) is 0 Å². The van der Waals surface area contributed by atoms with E-state index in [1.165, 1.54) is 0 Å². The van der Waals surface area contributed by atoms with Gasteiger partial charge in [0.2, 0.25) is 0 Å². The molecule has 0 fully saturated rings. The minimum Gasteiger partial charge on any atom is -0.307 e. The van der Waals surface area contributed by atoms with Crippen molar-refractivity contribution >= 4 is 0 Å². The Labute approximate surface area is 62.8 Å². The molecular weight excluding hydrogens is 122 g/mol. The lowest BCUT2D eigenvalue weighted by molar-refractivity contribution is 0.472. The maximum Gasteiger partial charge on any atom is 0.0224 e. The second kappa shape index (κ2) is 3.57. The largest absolute Gasteiger partial charge is 0.307 e. The van der Waals surface area contributed by atoms with Gasteiger partial charge in [0.1, 0.15) is 0 Å². The predicted octanol–water partition coefficient (Wildman–Crippen LogP) is 1.87. The van der Waals surface area contributed by atoms with Crippen LogP contribution in [0.1, 0.15) is 19.8 Å². The number of rotatable bonds is 2. The molecule has 2 atom stereocenters. The van der Waals surface area contributed by atoms with Crippen LogP contribution in [0.15, 0.2) is 24.8 Å². The summed E-state index contributed by atoms with van der Waals surface area (Å²) in [7, 11) is 0. The first-order valence-electron chi connectivity index (χ1n) is 3.86. The molecule has 0 radical (unpaired) electrons. The molecule has 1 heteroatoms. The Morgan fingerprint density at radius 1 is 1.80 bits per heavy atom. The van der Waals surface area contributed by atoms with Crippen molar-refractivity contribution in [1.29, 1.82) is 0 Å². The minimum absolute atomic E-state index is 0.540. The van der Waals surface area contributed by atoms with Gasteiger partial charge in [0, 0.05) is 12.1 Å². The third kappa shape index (κ3) is 1.99. The molecule has 0 bridgehead atoms. The lowest BCUT2D eigenvalue weighted by Crippen LogP contribution is -2.37. The molecule has 1 heterocycles. The lowest BCUT2D eigenvalue weighted by atomic mass is 10.0. The summed E-state index contributed by atoms with van der Waals surface area (Å²) in [6.45, 7) is 5.89. The van der Waals surface area contributed by atoms with Crippen LogP contribution in [-0.4, -0.2) is 12.1 Å². The molecule has 0 aromatic heterocycles. The molecule has 0 amide bonds. The third-order valence-electron chi connectivity index (χ3n) is 1.80. The van der Waals surface area contributed by atoms with Gasteiger partial charge in [0.25, 0.3) is 0 Å². The van der Waals surface area contributed by atoms with Crippen molar-refractivity contribution in [2.24, 2.45) is 0 Å². The molecule has 0 unspecified atom stereocenters. The standard InChI is InChI=1S/C9H15N/c1-3-5-9-7-4-6-8(2)10-9/h3-4,6,8-10H,1,5,7H2,2H3/t8-,9-/m1/s1. The Morgan fingerprint density at radius 2 is 2.60 bits per heavy atom. The van der Waals surface area contributed by atoms with Crippen molar-refractivity contribution in [3.63, 3.8) is 0 Å². The molecule has 1 nitrogen and oxygen atoms in total. The molecule has 1 aliphatic rings. The summed E-state index contributed by atoms with van der Waals surface area (Å²) in [5.74, 6) is 0. The SMILES string of the molecule is C=CC[C@@H]1CC=C[C@@H](C)N1. The average molecular weight is 137 g/mol. The Morgan fingerprint density at radius 3 is 3.20 bits per heavy atom. The number of nitrogens with one attached hydrogen (secondary N) is 1. The van der Waals surface area contributed by atoms with Crippen molar-refractivity contribution in [3.8, 4) is 0 Å². The molecule has 10 heavy (non-hydrogen) atoms. The summed E-state index contributed by atoms with van der Waals surface area (Å²) in [5.41, 5.74) is 0.